The van der Waals surface area contributed by atoms with Gasteiger partial charge in [0.25, 0.3) is 5.91 Å². The lowest BCUT2D eigenvalue weighted by atomic mass is 10.4. The summed E-state index contributed by atoms with van der Waals surface area (Å²) < 4.78 is 0. The number of H-pyrrole nitrogens is 1. The molecule has 1 aromatic rings. The maximum Gasteiger partial charge on any atom is 0.285 e. The van der Waals surface area contributed by atoms with Gasteiger partial charge in [-0.25, -0.2) is 5.43 Å². The monoisotopic (exact) mass is 239 g/mol. The van der Waals surface area contributed by atoms with Crippen LogP contribution in [0.3, 0.4) is 0 Å². The van der Waals surface area contributed by atoms with Crippen LogP contribution in [0.1, 0.15) is 30.0 Å². The minimum atomic E-state index is -0.214. The zero-order chi connectivity index (χ0) is 12.7. The van der Waals surface area contributed by atoms with Gasteiger partial charge in [0.05, 0.1) is 0 Å². The Balaban J connectivity index is 2.21. The third-order valence-electron chi connectivity index (χ3n) is 2.59. The molecule has 1 heterocycles. The average Bonchev–Trinajstić information content (AvgIpc) is 2.76. The third kappa shape index (κ3) is 4.54. The molecule has 0 aliphatic heterocycles. The molecule has 17 heavy (non-hydrogen) atoms. The molecule has 0 spiro atoms. The van der Waals surface area contributed by atoms with Gasteiger partial charge in [-0.3, -0.25) is 15.3 Å². The predicted molar refractivity (Wildman–Crippen MR) is 66.6 cm³/mol. The number of aromatic nitrogens is 2. The number of nitrogens with one attached hydrogen (secondary N) is 3. The highest BCUT2D eigenvalue weighted by Crippen LogP contribution is 1.96. The maximum atomic E-state index is 11.6. The van der Waals surface area contributed by atoms with Gasteiger partial charge >= 0.3 is 0 Å². The van der Waals surface area contributed by atoms with Crippen LogP contribution < -0.4 is 10.9 Å². The Kier molecular flexibility index (Phi) is 5.65. The molecule has 0 aliphatic rings. The third-order valence-corrected chi connectivity index (χ3v) is 2.59. The number of rotatable bonds is 7. The Hall–Kier alpha value is -1.40. The number of hydrogen-bond acceptors (Lipinski definition) is 4. The van der Waals surface area contributed by atoms with Crippen LogP contribution in [0.4, 0.5) is 0 Å². The second kappa shape index (κ2) is 7.03. The molecule has 6 heteroatoms. The number of aromatic amines is 1. The van der Waals surface area contributed by atoms with Crippen molar-refractivity contribution in [2.24, 2.45) is 0 Å². The Morgan fingerprint density at radius 2 is 2.18 bits per heavy atom. The van der Waals surface area contributed by atoms with E-state index in [9.17, 15) is 4.79 Å². The van der Waals surface area contributed by atoms with E-state index >= 15 is 0 Å². The highest BCUT2D eigenvalue weighted by atomic mass is 16.2. The molecule has 0 fully saturated rings. The van der Waals surface area contributed by atoms with E-state index in [0.29, 0.717) is 5.69 Å². The smallest absolute Gasteiger partial charge is 0.285 e. The Bertz CT molecular complexity index is 345. The van der Waals surface area contributed by atoms with Gasteiger partial charge in [-0.1, -0.05) is 13.8 Å². The number of aryl methyl sites for hydroxylation is 1. The molecule has 0 aliphatic carbocycles. The number of nitrogens with zero attached hydrogens (tertiary/aromatic N) is 2. The molecule has 0 bridgehead atoms. The highest BCUT2D eigenvalue weighted by Gasteiger charge is 2.07. The molecule has 96 valence electrons. The first-order chi connectivity index (χ1) is 8.17. The second-order valence-electron chi connectivity index (χ2n) is 3.84. The fourth-order valence-electron chi connectivity index (χ4n) is 1.50. The molecule has 0 aromatic carbocycles. The van der Waals surface area contributed by atoms with E-state index in [1.165, 1.54) is 0 Å². The molecule has 6 nitrogen and oxygen atoms in total. The Labute approximate surface area is 102 Å². The number of hydrazine groups is 1. The van der Waals surface area contributed by atoms with Crippen molar-refractivity contribution in [1.82, 2.24) is 25.9 Å². The van der Waals surface area contributed by atoms with Crippen LogP contribution in [0, 0.1) is 6.92 Å². The van der Waals surface area contributed by atoms with Crippen LogP contribution in [0.25, 0.3) is 0 Å². The van der Waals surface area contributed by atoms with E-state index < -0.39 is 0 Å². The topological polar surface area (TPSA) is 73.0 Å². The summed E-state index contributed by atoms with van der Waals surface area (Å²) in [5, 5.41) is 6.60. The fraction of sp³-hybridized carbons (Fsp3) is 0.636. The summed E-state index contributed by atoms with van der Waals surface area (Å²) >= 11 is 0. The molecule has 3 N–H and O–H groups in total. The molecule has 0 saturated carbocycles. The number of likely N-dealkylation sites (N-methyl/N-ethyl adjacent to an activating group) is 1. The molecular weight excluding hydrogens is 218 g/mol. The van der Waals surface area contributed by atoms with Crippen LogP contribution in [0.2, 0.25) is 0 Å². The molecule has 0 radical (unpaired) electrons. The lowest BCUT2D eigenvalue weighted by Gasteiger charge is -2.17. The molecule has 1 amide bonds. The van der Waals surface area contributed by atoms with Crippen LogP contribution >= 0.6 is 0 Å². The minimum absolute atomic E-state index is 0.214. The van der Waals surface area contributed by atoms with Crippen molar-refractivity contribution < 1.29 is 4.79 Å². The first-order valence-electron chi connectivity index (χ1n) is 5.95. The van der Waals surface area contributed by atoms with Gasteiger partial charge in [0.2, 0.25) is 0 Å². The normalized spacial score (nSPS) is 10.8. The summed E-state index contributed by atoms with van der Waals surface area (Å²) in [7, 11) is 0. The zero-order valence-corrected chi connectivity index (χ0v) is 10.7. The van der Waals surface area contributed by atoms with E-state index in [-0.39, 0.29) is 5.91 Å². The average molecular weight is 239 g/mol. The molecule has 1 rings (SSSR count). The molecule has 0 atom stereocenters. The highest BCUT2D eigenvalue weighted by molar-refractivity contribution is 5.91. The van der Waals surface area contributed by atoms with Crippen LogP contribution in [-0.4, -0.2) is 47.2 Å². The van der Waals surface area contributed by atoms with Crippen molar-refractivity contribution in [1.29, 1.82) is 0 Å². The van der Waals surface area contributed by atoms with Crippen molar-refractivity contribution in [3.63, 3.8) is 0 Å². The van der Waals surface area contributed by atoms with Gasteiger partial charge in [0, 0.05) is 18.8 Å². The summed E-state index contributed by atoms with van der Waals surface area (Å²) in [5.74, 6) is -0.214. The standard InChI is InChI=1S/C11H21N5O/c1-4-16(5-2)7-6-12-15-11(17)10-8-9(3)13-14-10/h8,12H,4-7H2,1-3H3,(H,13,14)(H,15,17). The number of carbonyl (C=O) groups excluding carboxylic acids is 1. The van der Waals surface area contributed by atoms with Crippen molar-refractivity contribution in [2.45, 2.75) is 20.8 Å². The first-order valence-corrected chi connectivity index (χ1v) is 5.95. The van der Waals surface area contributed by atoms with Crippen molar-refractivity contribution in [3.05, 3.63) is 17.5 Å². The summed E-state index contributed by atoms with van der Waals surface area (Å²) in [6.45, 7) is 9.76. The second-order valence-corrected chi connectivity index (χ2v) is 3.84. The number of carbonyl (C=O) groups is 1. The number of amides is 1. The van der Waals surface area contributed by atoms with Gasteiger partial charge in [-0.2, -0.15) is 5.10 Å². The summed E-state index contributed by atoms with van der Waals surface area (Å²) in [6, 6.07) is 1.71. The fourth-order valence-corrected chi connectivity index (χ4v) is 1.50. The lowest BCUT2D eigenvalue weighted by molar-refractivity contribution is 0.0926. The van der Waals surface area contributed by atoms with Crippen molar-refractivity contribution in [2.75, 3.05) is 26.2 Å². The van der Waals surface area contributed by atoms with E-state index in [0.717, 1.165) is 31.9 Å². The van der Waals surface area contributed by atoms with Crippen LogP contribution in [0.15, 0.2) is 6.07 Å². The molecule has 1 aromatic heterocycles. The minimum Gasteiger partial charge on any atom is -0.303 e. The quantitative estimate of drug-likeness (QED) is 0.472. The summed E-state index contributed by atoms with van der Waals surface area (Å²) in [5.41, 5.74) is 6.79. The van der Waals surface area contributed by atoms with Gasteiger partial charge in [-0.15, -0.1) is 0 Å². The molecule has 0 saturated heterocycles. The SMILES string of the molecule is CCN(CC)CCNNC(=O)c1cc(C)[nH]n1. The zero-order valence-electron chi connectivity index (χ0n) is 10.7. The van der Waals surface area contributed by atoms with E-state index in [1.54, 1.807) is 6.07 Å². The van der Waals surface area contributed by atoms with Gasteiger partial charge in [0.1, 0.15) is 0 Å². The van der Waals surface area contributed by atoms with E-state index in [4.69, 9.17) is 0 Å². The number of hydrogen-bond donors (Lipinski definition) is 3. The maximum absolute atomic E-state index is 11.6. The van der Waals surface area contributed by atoms with Crippen molar-refractivity contribution in [3.8, 4) is 0 Å². The predicted octanol–water partition coefficient (Wildman–Crippen LogP) is 0.294. The largest absolute Gasteiger partial charge is 0.303 e. The molecule has 0 unspecified atom stereocenters. The van der Waals surface area contributed by atoms with Gasteiger partial charge in [-0.05, 0) is 26.1 Å². The van der Waals surface area contributed by atoms with Gasteiger partial charge in [0.15, 0.2) is 5.69 Å². The first kappa shape index (κ1) is 13.7. The Morgan fingerprint density at radius 1 is 1.47 bits per heavy atom. The van der Waals surface area contributed by atoms with E-state index in [1.807, 2.05) is 6.92 Å². The summed E-state index contributed by atoms with van der Waals surface area (Å²) in [6.07, 6.45) is 0. The lowest BCUT2D eigenvalue weighted by Crippen LogP contribution is -2.42. The summed E-state index contributed by atoms with van der Waals surface area (Å²) in [4.78, 5) is 13.8. The van der Waals surface area contributed by atoms with Crippen LogP contribution in [-0.2, 0) is 0 Å². The van der Waals surface area contributed by atoms with E-state index in [2.05, 4.69) is 39.8 Å². The molecular formula is C11H21N5O. The van der Waals surface area contributed by atoms with Gasteiger partial charge < -0.3 is 4.90 Å². The van der Waals surface area contributed by atoms with Crippen molar-refractivity contribution >= 4 is 5.91 Å². The van der Waals surface area contributed by atoms with Crippen LogP contribution in [0.5, 0.6) is 0 Å². The Morgan fingerprint density at radius 3 is 2.71 bits per heavy atom.